The van der Waals surface area contributed by atoms with Gasteiger partial charge in [-0.3, -0.25) is 0 Å². The van der Waals surface area contributed by atoms with Crippen LogP contribution in [0.2, 0.25) is 0 Å². The van der Waals surface area contributed by atoms with Gasteiger partial charge in [-0.25, -0.2) is 0 Å². The average molecular weight is 731 g/mol. The van der Waals surface area contributed by atoms with Crippen molar-refractivity contribution in [3.8, 4) is 34.6 Å². The molecule has 0 fully saturated rings. The number of hydrogen-bond acceptors (Lipinski definition) is 4. The number of para-hydroxylation sites is 3. The summed E-state index contributed by atoms with van der Waals surface area (Å²) in [7, 11) is 0. The fraction of sp³-hybridized carbons (Fsp3) is 0. The highest BCUT2D eigenvalue weighted by Gasteiger charge is 2.22. The van der Waals surface area contributed by atoms with Gasteiger partial charge >= 0.3 is 0 Å². The Bertz CT molecular complexity index is 3750. The molecular formula is C50H26N4OS. The van der Waals surface area contributed by atoms with Gasteiger partial charge in [-0.15, -0.1) is 11.3 Å². The van der Waals surface area contributed by atoms with Crippen molar-refractivity contribution < 1.29 is 4.42 Å². The van der Waals surface area contributed by atoms with E-state index in [1.807, 2.05) is 42.5 Å². The third-order valence-corrected chi connectivity index (χ3v) is 12.5. The van der Waals surface area contributed by atoms with Crippen LogP contribution in [0.25, 0.3) is 108 Å². The molecule has 258 valence electrons. The standard InChI is InChI=1S/C50H26N4OS/c51-27-29-17-19-41-38(25-29)47-42(21-22-46-49(47)37-12-4-8-16-45(37)56-46)53(41)32-24-30(28-52)23-31(26-32)33-9-1-5-13-39(33)54-40-14-6-2-11-36(40)48-43(54)20-18-35-34-10-3-7-15-44(34)55-50(35)48/h1-26H. The van der Waals surface area contributed by atoms with E-state index in [-0.39, 0.29) is 0 Å². The number of nitrogens with zero attached hydrogens (tertiary/aromatic N) is 4. The third-order valence-electron chi connectivity index (χ3n) is 11.3. The van der Waals surface area contributed by atoms with E-state index in [0.717, 1.165) is 88.1 Å². The molecule has 0 aliphatic carbocycles. The summed E-state index contributed by atoms with van der Waals surface area (Å²) in [6.07, 6.45) is 0. The maximum absolute atomic E-state index is 10.5. The molecule has 4 heterocycles. The predicted octanol–water partition coefficient (Wildman–Crippen LogP) is 13.6. The molecule has 0 amide bonds. The highest BCUT2D eigenvalue weighted by Crippen LogP contribution is 2.45. The maximum Gasteiger partial charge on any atom is 0.145 e. The second-order valence-corrected chi connectivity index (χ2v) is 15.4. The normalized spacial score (nSPS) is 11.9. The van der Waals surface area contributed by atoms with Gasteiger partial charge in [0.1, 0.15) is 11.2 Å². The first kappa shape index (κ1) is 30.8. The first-order chi connectivity index (χ1) is 27.7. The number of thiophene rings is 1. The fourth-order valence-electron chi connectivity index (χ4n) is 9.04. The highest BCUT2D eigenvalue weighted by atomic mass is 32.1. The number of rotatable bonds is 3. The molecule has 0 radical (unpaired) electrons. The van der Waals surface area contributed by atoms with Gasteiger partial charge in [-0.1, -0.05) is 72.8 Å². The molecule has 0 N–H and O–H groups in total. The number of fused-ring (bicyclic) bond motifs is 14. The first-order valence-corrected chi connectivity index (χ1v) is 19.3. The SMILES string of the molecule is N#Cc1cc(-c2ccccc2-n2c3ccccc3c3c4oc5ccccc5c4ccc32)cc(-n2c3ccc(C#N)cc3c3c4c(ccc32)sc2ccccc24)c1. The predicted molar refractivity (Wildman–Crippen MR) is 230 cm³/mol. The van der Waals surface area contributed by atoms with Crippen molar-refractivity contribution in [2.45, 2.75) is 0 Å². The monoisotopic (exact) mass is 730 g/mol. The molecule has 0 saturated heterocycles. The number of benzene rings is 8. The topological polar surface area (TPSA) is 70.6 Å². The minimum atomic E-state index is 0.559. The smallest absolute Gasteiger partial charge is 0.145 e. The van der Waals surface area contributed by atoms with Gasteiger partial charge in [0.25, 0.3) is 0 Å². The first-order valence-electron chi connectivity index (χ1n) is 18.5. The summed E-state index contributed by atoms with van der Waals surface area (Å²) >= 11 is 1.78. The average Bonchev–Trinajstić information content (AvgIpc) is 4.00. The van der Waals surface area contributed by atoms with E-state index in [4.69, 9.17) is 4.42 Å². The Hall–Kier alpha value is -7.64. The second-order valence-electron chi connectivity index (χ2n) is 14.3. The molecule has 6 heteroatoms. The number of nitriles is 2. The lowest BCUT2D eigenvalue weighted by Crippen LogP contribution is -1.99. The molecule has 12 aromatic rings. The van der Waals surface area contributed by atoms with Gasteiger partial charge in [0.05, 0.1) is 56.4 Å². The minimum Gasteiger partial charge on any atom is -0.455 e. The minimum absolute atomic E-state index is 0.559. The van der Waals surface area contributed by atoms with Crippen molar-refractivity contribution in [2.24, 2.45) is 0 Å². The van der Waals surface area contributed by atoms with Gasteiger partial charge in [-0.05, 0) is 90.5 Å². The van der Waals surface area contributed by atoms with Crippen molar-refractivity contribution in [2.75, 3.05) is 0 Å². The molecule has 0 spiro atoms. The zero-order chi connectivity index (χ0) is 37.1. The largest absolute Gasteiger partial charge is 0.455 e. The van der Waals surface area contributed by atoms with E-state index in [2.05, 4.69) is 137 Å². The van der Waals surface area contributed by atoms with Crippen molar-refractivity contribution >= 4 is 97.1 Å². The van der Waals surface area contributed by atoms with Crippen LogP contribution in [0, 0.1) is 22.7 Å². The lowest BCUT2D eigenvalue weighted by Gasteiger charge is -2.16. The molecule has 5 nitrogen and oxygen atoms in total. The zero-order valence-electron chi connectivity index (χ0n) is 29.6. The van der Waals surface area contributed by atoms with Crippen LogP contribution in [0.5, 0.6) is 0 Å². The summed E-state index contributed by atoms with van der Waals surface area (Å²) in [6, 6.07) is 59.3. The number of aromatic nitrogens is 2. The Balaban J connectivity index is 1.14. The number of furan rings is 1. The number of hydrogen-bond donors (Lipinski definition) is 0. The molecule has 0 aliphatic heterocycles. The van der Waals surface area contributed by atoms with Gasteiger partial charge in [0, 0.05) is 58.4 Å². The van der Waals surface area contributed by atoms with Gasteiger partial charge in [0.15, 0.2) is 0 Å². The van der Waals surface area contributed by atoms with E-state index < -0.39 is 0 Å². The molecule has 56 heavy (non-hydrogen) atoms. The van der Waals surface area contributed by atoms with Crippen LogP contribution in [0.1, 0.15) is 11.1 Å². The molecule has 0 atom stereocenters. The quantitative estimate of drug-likeness (QED) is 0.182. The van der Waals surface area contributed by atoms with Gasteiger partial charge < -0.3 is 13.6 Å². The van der Waals surface area contributed by atoms with Crippen LogP contribution >= 0.6 is 11.3 Å². The van der Waals surface area contributed by atoms with Crippen molar-refractivity contribution in [3.05, 3.63) is 169 Å². The van der Waals surface area contributed by atoms with Crippen LogP contribution in [-0.4, -0.2) is 9.13 Å². The lowest BCUT2D eigenvalue weighted by molar-refractivity contribution is 0.673. The molecule has 0 unspecified atom stereocenters. The summed E-state index contributed by atoms with van der Waals surface area (Å²) in [5.41, 5.74) is 10.8. The van der Waals surface area contributed by atoms with E-state index in [9.17, 15) is 10.5 Å². The third kappa shape index (κ3) is 4.16. The summed E-state index contributed by atoms with van der Waals surface area (Å²) in [6.45, 7) is 0. The molecular weight excluding hydrogens is 705 g/mol. The Labute approximate surface area is 323 Å². The molecule has 0 bridgehead atoms. The summed E-state index contributed by atoms with van der Waals surface area (Å²) in [5.74, 6) is 0. The van der Waals surface area contributed by atoms with Crippen LogP contribution in [0.15, 0.2) is 162 Å². The van der Waals surface area contributed by atoms with Crippen molar-refractivity contribution in [1.29, 1.82) is 10.5 Å². The van der Waals surface area contributed by atoms with E-state index in [0.29, 0.717) is 11.1 Å². The highest BCUT2D eigenvalue weighted by molar-refractivity contribution is 7.26. The van der Waals surface area contributed by atoms with Crippen LogP contribution in [0.4, 0.5) is 0 Å². The molecule has 0 aliphatic rings. The summed E-state index contributed by atoms with van der Waals surface area (Å²) < 4.78 is 13.6. The second kappa shape index (κ2) is 11.4. The Morgan fingerprint density at radius 3 is 2.07 bits per heavy atom. The van der Waals surface area contributed by atoms with E-state index >= 15 is 0 Å². The van der Waals surface area contributed by atoms with Crippen molar-refractivity contribution in [3.63, 3.8) is 0 Å². The lowest BCUT2D eigenvalue weighted by atomic mass is 10.00. The zero-order valence-corrected chi connectivity index (χ0v) is 30.4. The molecule has 8 aromatic carbocycles. The summed E-state index contributed by atoms with van der Waals surface area (Å²) in [4.78, 5) is 0. The van der Waals surface area contributed by atoms with E-state index in [1.54, 1.807) is 11.3 Å². The van der Waals surface area contributed by atoms with Gasteiger partial charge in [0.2, 0.25) is 0 Å². The Kier molecular flexibility index (Phi) is 6.28. The Morgan fingerprint density at radius 2 is 1.18 bits per heavy atom. The van der Waals surface area contributed by atoms with Crippen LogP contribution in [-0.2, 0) is 0 Å². The molecule has 4 aromatic heterocycles. The Morgan fingerprint density at radius 1 is 0.464 bits per heavy atom. The van der Waals surface area contributed by atoms with Gasteiger partial charge in [-0.2, -0.15) is 10.5 Å². The van der Waals surface area contributed by atoms with Crippen molar-refractivity contribution in [1.82, 2.24) is 9.13 Å². The fourth-order valence-corrected chi connectivity index (χ4v) is 10.2. The van der Waals surface area contributed by atoms with Crippen LogP contribution in [0.3, 0.4) is 0 Å². The molecule has 0 saturated carbocycles. The summed E-state index contributed by atoms with van der Waals surface area (Å²) in [5, 5.41) is 29.4. The van der Waals surface area contributed by atoms with Crippen LogP contribution < -0.4 is 0 Å². The maximum atomic E-state index is 10.5. The van der Waals surface area contributed by atoms with E-state index in [1.165, 1.54) is 20.2 Å². The molecule has 12 rings (SSSR count).